The summed E-state index contributed by atoms with van der Waals surface area (Å²) in [7, 11) is 0. The molecule has 0 unspecified atom stereocenters. The van der Waals surface area contributed by atoms with Crippen molar-refractivity contribution in [1.82, 2.24) is 14.8 Å². The Morgan fingerprint density at radius 3 is 2.50 bits per heavy atom. The summed E-state index contributed by atoms with van der Waals surface area (Å²) in [5, 5.41) is 7.36. The molecule has 0 aliphatic rings. The molecule has 0 atom stereocenters. The average molecular weight is 306 g/mol. The van der Waals surface area contributed by atoms with Crippen LogP contribution in [0.5, 0.6) is 0 Å². The van der Waals surface area contributed by atoms with E-state index in [1.54, 1.807) is 0 Å². The van der Waals surface area contributed by atoms with Crippen molar-refractivity contribution in [3.8, 4) is 0 Å². The standard InChI is InChI=1S/C10H7Cl3N4O/c11-6-1-7(12)10(8(13)2-6)16-9(18)3-17-5-14-4-15-17/h1-2,4-5H,3H2,(H,16,18). The fourth-order valence-corrected chi connectivity index (χ4v) is 2.21. The van der Waals surface area contributed by atoms with Crippen molar-refractivity contribution >= 4 is 46.4 Å². The molecule has 1 amide bonds. The van der Waals surface area contributed by atoms with Crippen LogP contribution < -0.4 is 5.32 Å². The van der Waals surface area contributed by atoms with Gasteiger partial charge in [-0.25, -0.2) is 9.67 Å². The zero-order valence-electron chi connectivity index (χ0n) is 8.90. The number of amides is 1. The van der Waals surface area contributed by atoms with E-state index in [0.29, 0.717) is 10.7 Å². The van der Waals surface area contributed by atoms with E-state index < -0.39 is 0 Å². The molecule has 2 aromatic rings. The zero-order chi connectivity index (χ0) is 13.1. The lowest BCUT2D eigenvalue weighted by molar-refractivity contribution is -0.116. The zero-order valence-corrected chi connectivity index (χ0v) is 11.2. The third kappa shape index (κ3) is 3.13. The van der Waals surface area contributed by atoms with Crippen LogP contribution >= 0.6 is 34.8 Å². The first-order chi connectivity index (χ1) is 8.56. The molecule has 1 aromatic carbocycles. The van der Waals surface area contributed by atoms with Gasteiger partial charge in [-0.1, -0.05) is 34.8 Å². The predicted octanol–water partition coefficient (Wildman–Crippen LogP) is 2.88. The summed E-state index contributed by atoms with van der Waals surface area (Å²) in [4.78, 5) is 15.5. The number of carbonyl (C=O) groups is 1. The molecule has 5 nitrogen and oxygen atoms in total. The van der Waals surface area contributed by atoms with Gasteiger partial charge in [0.15, 0.2) is 0 Å². The Balaban J connectivity index is 2.12. The molecule has 1 aromatic heterocycles. The lowest BCUT2D eigenvalue weighted by atomic mass is 10.3. The van der Waals surface area contributed by atoms with Gasteiger partial charge in [0, 0.05) is 5.02 Å². The molecule has 0 spiro atoms. The molecule has 0 aliphatic carbocycles. The van der Waals surface area contributed by atoms with Crippen LogP contribution in [0.25, 0.3) is 0 Å². The lowest BCUT2D eigenvalue weighted by Gasteiger charge is -2.09. The van der Waals surface area contributed by atoms with Gasteiger partial charge in [-0.05, 0) is 12.1 Å². The molecule has 2 rings (SSSR count). The highest BCUT2D eigenvalue weighted by Gasteiger charge is 2.11. The van der Waals surface area contributed by atoms with E-state index in [-0.39, 0.29) is 22.5 Å². The number of hydrogen-bond acceptors (Lipinski definition) is 3. The Bertz CT molecular complexity index is 548. The number of anilines is 1. The summed E-state index contributed by atoms with van der Waals surface area (Å²) < 4.78 is 1.38. The monoisotopic (exact) mass is 304 g/mol. The molecule has 0 aliphatic heterocycles. The summed E-state index contributed by atoms with van der Waals surface area (Å²) in [5.41, 5.74) is 0.327. The number of carbonyl (C=O) groups excluding carboxylic acids is 1. The van der Waals surface area contributed by atoms with E-state index in [1.807, 2.05) is 0 Å². The smallest absolute Gasteiger partial charge is 0.246 e. The number of benzene rings is 1. The SMILES string of the molecule is O=C(Cn1cncn1)Nc1c(Cl)cc(Cl)cc1Cl. The molecule has 0 saturated carbocycles. The molecule has 18 heavy (non-hydrogen) atoms. The molecule has 0 saturated heterocycles. The Kier molecular flexibility index (Phi) is 4.06. The number of nitrogens with zero attached hydrogens (tertiary/aromatic N) is 3. The van der Waals surface area contributed by atoms with Crippen molar-refractivity contribution in [3.05, 3.63) is 39.9 Å². The van der Waals surface area contributed by atoms with E-state index in [0.717, 1.165) is 0 Å². The first kappa shape index (κ1) is 13.1. The summed E-state index contributed by atoms with van der Waals surface area (Å²) in [5.74, 6) is -0.313. The summed E-state index contributed by atoms with van der Waals surface area (Å²) in [6.45, 7) is 0.0231. The van der Waals surface area contributed by atoms with Crippen molar-refractivity contribution in [2.75, 3.05) is 5.32 Å². The first-order valence-electron chi connectivity index (χ1n) is 4.83. The summed E-state index contributed by atoms with van der Waals surface area (Å²) in [6, 6.07) is 3.00. The van der Waals surface area contributed by atoms with Crippen LogP contribution in [0.3, 0.4) is 0 Å². The minimum Gasteiger partial charge on any atom is -0.322 e. The summed E-state index contributed by atoms with van der Waals surface area (Å²) in [6.07, 6.45) is 2.78. The van der Waals surface area contributed by atoms with Gasteiger partial charge in [-0.2, -0.15) is 5.10 Å². The molecule has 0 radical (unpaired) electrons. The Labute approximate surface area is 118 Å². The lowest BCUT2D eigenvalue weighted by Crippen LogP contribution is -2.19. The predicted molar refractivity (Wildman–Crippen MR) is 70.1 cm³/mol. The minimum atomic E-state index is -0.313. The van der Waals surface area contributed by atoms with Gasteiger partial charge in [0.05, 0.1) is 15.7 Å². The normalized spacial score (nSPS) is 10.4. The van der Waals surface area contributed by atoms with Crippen LogP contribution in [0.4, 0.5) is 5.69 Å². The van der Waals surface area contributed by atoms with Crippen molar-refractivity contribution in [3.63, 3.8) is 0 Å². The Morgan fingerprint density at radius 2 is 1.94 bits per heavy atom. The van der Waals surface area contributed by atoms with Gasteiger partial charge in [-0.15, -0.1) is 0 Å². The molecular weight excluding hydrogens is 298 g/mol. The van der Waals surface area contributed by atoms with Crippen molar-refractivity contribution in [1.29, 1.82) is 0 Å². The third-order valence-corrected chi connectivity index (χ3v) is 2.86. The quantitative estimate of drug-likeness (QED) is 0.948. The molecule has 0 fully saturated rings. The number of aromatic nitrogens is 3. The van der Waals surface area contributed by atoms with Crippen LogP contribution in [-0.2, 0) is 11.3 Å². The van der Waals surface area contributed by atoms with Crippen LogP contribution in [0.15, 0.2) is 24.8 Å². The van der Waals surface area contributed by atoms with Crippen molar-refractivity contribution in [2.24, 2.45) is 0 Å². The van der Waals surface area contributed by atoms with Gasteiger partial charge in [-0.3, -0.25) is 4.79 Å². The van der Waals surface area contributed by atoms with Gasteiger partial charge < -0.3 is 5.32 Å². The molecule has 8 heteroatoms. The van der Waals surface area contributed by atoms with E-state index in [1.165, 1.54) is 29.5 Å². The van der Waals surface area contributed by atoms with Gasteiger partial charge >= 0.3 is 0 Å². The minimum absolute atomic E-state index is 0.0231. The van der Waals surface area contributed by atoms with Gasteiger partial charge in [0.1, 0.15) is 19.2 Å². The maximum atomic E-state index is 11.7. The average Bonchev–Trinajstić information content (AvgIpc) is 2.76. The topological polar surface area (TPSA) is 59.8 Å². The molecule has 94 valence electrons. The summed E-state index contributed by atoms with van der Waals surface area (Å²) >= 11 is 17.7. The van der Waals surface area contributed by atoms with Gasteiger partial charge in [0.2, 0.25) is 5.91 Å². The molecular formula is C10H7Cl3N4O. The van der Waals surface area contributed by atoms with Crippen LogP contribution in [-0.4, -0.2) is 20.7 Å². The second-order valence-corrected chi connectivity index (χ2v) is 4.64. The maximum Gasteiger partial charge on any atom is 0.246 e. The fraction of sp³-hybridized carbons (Fsp3) is 0.100. The highest BCUT2D eigenvalue weighted by atomic mass is 35.5. The highest BCUT2D eigenvalue weighted by Crippen LogP contribution is 2.33. The number of nitrogens with one attached hydrogen (secondary N) is 1. The molecule has 1 heterocycles. The largest absolute Gasteiger partial charge is 0.322 e. The van der Waals surface area contributed by atoms with Crippen LogP contribution in [0.2, 0.25) is 15.1 Å². The fourth-order valence-electron chi connectivity index (χ4n) is 1.30. The van der Waals surface area contributed by atoms with E-state index in [9.17, 15) is 4.79 Å². The van der Waals surface area contributed by atoms with E-state index >= 15 is 0 Å². The second-order valence-electron chi connectivity index (χ2n) is 3.39. The number of halogens is 3. The molecule has 1 N–H and O–H groups in total. The maximum absolute atomic E-state index is 11.7. The highest BCUT2D eigenvalue weighted by molar-refractivity contribution is 6.42. The van der Waals surface area contributed by atoms with Crippen molar-refractivity contribution in [2.45, 2.75) is 6.54 Å². The Morgan fingerprint density at radius 1 is 1.28 bits per heavy atom. The third-order valence-electron chi connectivity index (χ3n) is 2.04. The number of hydrogen-bond donors (Lipinski definition) is 1. The Hall–Kier alpha value is -1.30. The van der Waals surface area contributed by atoms with Crippen LogP contribution in [0.1, 0.15) is 0 Å². The van der Waals surface area contributed by atoms with Crippen molar-refractivity contribution < 1.29 is 4.79 Å². The van der Waals surface area contributed by atoms with E-state index in [4.69, 9.17) is 34.8 Å². The second kappa shape index (κ2) is 5.56. The van der Waals surface area contributed by atoms with Gasteiger partial charge in [0.25, 0.3) is 0 Å². The van der Waals surface area contributed by atoms with E-state index in [2.05, 4.69) is 15.4 Å². The van der Waals surface area contributed by atoms with Crippen LogP contribution in [0, 0.1) is 0 Å². The first-order valence-corrected chi connectivity index (χ1v) is 5.96. The number of rotatable bonds is 3. The molecule has 0 bridgehead atoms.